The molecule has 3 aliphatic rings. The maximum atomic E-state index is 10.0. The first-order chi connectivity index (χ1) is 7.93. The summed E-state index contributed by atoms with van der Waals surface area (Å²) in [5, 5.41) is 13.7. The molecule has 2 N–H and O–H groups in total. The van der Waals surface area contributed by atoms with Crippen LogP contribution in [0, 0.1) is 22.7 Å². The van der Waals surface area contributed by atoms with Crippen LogP contribution in [-0.2, 0) is 0 Å². The third-order valence-electron chi connectivity index (χ3n) is 5.97. The molecule has 0 aromatic rings. The Labute approximate surface area is 105 Å². The van der Waals surface area contributed by atoms with Gasteiger partial charge >= 0.3 is 0 Å². The minimum absolute atomic E-state index is 0.103. The molecular weight excluding hydrogens is 210 g/mol. The molecule has 0 amide bonds. The average molecular weight is 237 g/mol. The first-order valence-electron chi connectivity index (χ1n) is 7.35. The summed E-state index contributed by atoms with van der Waals surface area (Å²) in [6.45, 7) is 8.09. The van der Waals surface area contributed by atoms with Gasteiger partial charge in [0.25, 0.3) is 0 Å². The third-order valence-corrected chi connectivity index (χ3v) is 5.97. The first kappa shape index (κ1) is 12.0. The Morgan fingerprint density at radius 1 is 1.24 bits per heavy atom. The van der Waals surface area contributed by atoms with Gasteiger partial charge in [-0.05, 0) is 54.8 Å². The van der Waals surface area contributed by atoms with Crippen molar-refractivity contribution in [2.75, 3.05) is 6.54 Å². The van der Waals surface area contributed by atoms with Crippen LogP contribution in [0.5, 0.6) is 0 Å². The van der Waals surface area contributed by atoms with Crippen LogP contribution in [0.15, 0.2) is 0 Å². The highest BCUT2D eigenvalue weighted by atomic mass is 16.3. The summed E-state index contributed by atoms with van der Waals surface area (Å²) >= 11 is 0. The van der Waals surface area contributed by atoms with Crippen molar-refractivity contribution in [3.63, 3.8) is 0 Å². The van der Waals surface area contributed by atoms with Gasteiger partial charge < -0.3 is 10.4 Å². The second-order valence-corrected chi connectivity index (χ2v) is 7.66. The van der Waals surface area contributed by atoms with Crippen LogP contribution < -0.4 is 5.32 Å². The molecule has 3 rings (SSSR count). The van der Waals surface area contributed by atoms with Crippen LogP contribution in [0.2, 0.25) is 0 Å². The summed E-state index contributed by atoms with van der Waals surface area (Å²) in [5.41, 5.74) is 0.897. The van der Waals surface area contributed by atoms with Crippen molar-refractivity contribution in [2.24, 2.45) is 22.7 Å². The molecule has 2 bridgehead atoms. The van der Waals surface area contributed by atoms with Crippen LogP contribution in [-0.4, -0.2) is 23.8 Å². The van der Waals surface area contributed by atoms with Gasteiger partial charge in [-0.3, -0.25) is 0 Å². The minimum atomic E-state index is -0.103. The van der Waals surface area contributed by atoms with Crippen LogP contribution in [0.1, 0.15) is 52.9 Å². The summed E-state index contributed by atoms with van der Waals surface area (Å²) in [6, 6.07) is 0.599. The lowest BCUT2D eigenvalue weighted by molar-refractivity contribution is 0.0818. The maximum Gasteiger partial charge on any atom is 0.0692 e. The summed E-state index contributed by atoms with van der Waals surface area (Å²) in [5.74, 6) is 1.49. The van der Waals surface area contributed by atoms with Crippen molar-refractivity contribution < 1.29 is 5.11 Å². The van der Waals surface area contributed by atoms with E-state index in [0.717, 1.165) is 12.5 Å². The molecular formula is C15H27NO. The van der Waals surface area contributed by atoms with E-state index < -0.39 is 0 Å². The predicted molar refractivity (Wildman–Crippen MR) is 69.8 cm³/mol. The molecule has 98 valence electrons. The molecule has 2 nitrogen and oxygen atoms in total. The van der Waals surface area contributed by atoms with Crippen molar-refractivity contribution in [1.82, 2.24) is 5.32 Å². The molecule has 4 atom stereocenters. The van der Waals surface area contributed by atoms with E-state index >= 15 is 0 Å². The zero-order valence-corrected chi connectivity index (χ0v) is 11.5. The molecule has 0 heterocycles. The monoisotopic (exact) mass is 237 g/mol. The fourth-order valence-electron chi connectivity index (χ4n) is 4.70. The van der Waals surface area contributed by atoms with Gasteiger partial charge in [-0.25, -0.2) is 0 Å². The molecule has 0 aromatic carbocycles. The summed E-state index contributed by atoms with van der Waals surface area (Å²) in [6.07, 6.45) is 6.53. The standard InChI is InChI=1S/C15H27NO/c1-14(2)11-6-7-15(3,8-11)13(14)16-9-12(17)10-4-5-10/h10-13,16-17H,4-9H2,1-3H3. The lowest BCUT2D eigenvalue weighted by Crippen LogP contribution is -2.52. The van der Waals surface area contributed by atoms with E-state index in [1.54, 1.807) is 0 Å². The molecule has 0 spiro atoms. The Morgan fingerprint density at radius 2 is 1.94 bits per heavy atom. The minimum Gasteiger partial charge on any atom is -0.392 e. The molecule has 0 aliphatic heterocycles. The van der Waals surface area contributed by atoms with E-state index in [4.69, 9.17) is 0 Å². The van der Waals surface area contributed by atoms with Crippen molar-refractivity contribution in [1.29, 1.82) is 0 Å². The van der Waals surface area contributed by atoms with Gasteiger partial charge in [0.15, 0.2) is 0 Å². The molecule has 0 saturated heterocycles. The van der Waals surface area contributed by atoms with Gasteiger partial charge in [-0.1, -0.05) is 20.8 Å². The SMILES string of the molecule is CC12CCC(C1)C(C)(C)C2NCC(O)C1CC1. The van der Waals surface area contributed by atoms with Crippen molar-refractivity contribution >= 4 is 0 Å². The van der Waals surface area contributed by atoms with Gasteiger partial charge in [-0.15, -0.1) is 0 Å². The van der Waals surface area contributed by atoms with Crippen molar-refractivity contribution in [2.45, 2.75) is 65.0 Å². The zero-order valence-electron chi connectivity index (χ0n) is 11.5. The normalized spacial score (nSPS) is 45.2. The lowest BCUT2D eigenvalue weighted by Gasteiger charge is -2.43. The second-order valence-electron chi connectivity index (χ2n) is 7.66. The number of aliphatic hydroxyl groups is 1. The van der Waals surface area contributed by atoms with E-state index in [1.807, 2.05) is 0 Å². The molecule has 3 fully saturated rings. The topological polar surface area (TPSA) is 32.3 Å². The molecule has 0 aromatic heterocycles. The fourth-order valence-corrected chi connectivity index (χ4v) is 4.70. The predicted octanol–water partition coefficient (Wildman–Crippen LogP) is 2.56. The lowest BCUT2D eigenvalue weighted by atomic mass is 9.68. The quantitative estimate of drug-likeness (QED) is 0.787. The van der Waals surface area contributed by atoms with E-state index in [0.29, 0.717) is 22.8 Å². The van der Waals surface area contributed by atoms with Gasteiger partial charge in [0.05, 0.1) is 6.10 Å². The fraction of sp³-hybridized carbons (Fsp3) is 1.00. The Hall–Kier alpha value is -0.0800. The van der Waals surface area contributed by atoms with E-state index in [1.165, 1.54) is 32.1 Å². The molecule has 17 heavy (non-hydrogen) atoms. The molecule has 2 heteroatoms. The van der Waals surface area contributed by atoms with Gasteiger partial charge in [0.1, 0.15) is 0 Å². The molecule has 0 radical (unpaired) electrons. The molecule has 3 saturated carbocycles. The number of fused-ring (bicyclic) bond motifs is 2. The Balaban J connectivity index is 1.65. The van der Waals surface area contributed by atoms with Crippen molar-refractivity contribution in [3.05, 3.63) is 0 Å². The van der Waals surface area contributed by atoms with Gasteiger partial charge in [-0.2, -0.15) is 0 Å². The number of aliphatic hydroxyl groups excluding tert-OH is 1. The number of hydrogen-bond acceptors (Lipinski definition) is 2. The number of nitrogens with one attached hydrogen (secondary N) is 1. The van der Waals surface area contributed by atoms with E-state index in [-0.39, 0.29) is 6.10 Å². The van der Waals surface area contributed by atoms with E-state index in [2.05, 4.69) is 26.1 Å². The van der Waals surface area contributed by atoms with Gasteiger partial charge in [0, 0.05) is 12.6 Å². The smallest absolute Gasteiger partial charge is 0.0692 e. The van der Waals surface area contributed by atoms with Crippen LogP contribution in [0.3, 0.4) is 0 Å². The largest absolute Gasteiger partial charge is 0.392 e. The van der Waals surface area contributed by atoms with Crippen LogP contribution in [0.25, 0.3) is 0 Å². The highest BCUT2D eigenvalue weighted by molar-refractivity contribution is 5.12. The molecule has 3 aliphatic carbocycles. The van der Waals surface area contributed by atoms with Crippen LogP contribution in [0.4, 0.5) is 0 Å². The Morgan fingerprint density at radius 3 is 2.47 bits per heavy atom. The van der Waals surface area contributed by atoms with Crippen LogP contribution >= 0.6 is 0 Å². The number of hydrogen-bond donors (Lipinski definition) is 2. The van der Waals surface area contributed by atoms with Gasteiger partial charge in [0.2, 0.25) is 0 Å². The maximum absolute atomic E-state index is 10.0. The summed E-state index contributed by atoms with van der Waals surface area (Å²) in [7, 11) is 0. The number of rotatable bonds is 4. The highest BCUT2D eigenvalue weighted by Crippen LogP contribution is 2.62. The average Bonchev–Trinajstić information content (AvgIpc) is 2.98. The second kappa shape index (κ2) is 3.71. The summed E-state index contributed by atoms with van der Waals surface area (Å²) in [4.78, 5) is 0. The molecule has 4 unspecified atom stereocenters. The summed E-state index contributed by atoms with van der Waals surface area (Å²) < 4.78 is 0. The van der Waals surface area contributed by atoms with Crippen molar-refractivity contribution in [3.8, 4) is 0 Å². The Bertz CT molecular complexity index is 305. The third kappa shape index (κ3) is 1.84. The zero-order chi connectivity index (χ0) is 12.3. The first-order valence-corrected chi connectivity index (χ1v) is 7.35. The Kier molecular flexibility index (Phi) is 2.61. The van der Waals surface area contributed by atoms with E-state index in [9.17, 15) is 5.11 Å². The highest BCUT2D eigenvalue weighted by Gasteiger charge is 2.59.